The topological polar surface area (TPSA) is 97.8 Å². The van der Waals surface area contributed by atoms with Crippen molar-refractivity contribution in [2.24, 2.45) is 0 Å². The largest absolute Gasteiger partial charge is 0.491 e. The molecule has 0 radical (unpaired) electrons. The molecule has 252 valence electrons. The number of carbonyl (C=O) groups is 2. The highest BCUT2D eigenvalue weighted by atomic mass is 32.1. The second-order valence-electron chi connectivity index (χ2n) is 13.1. The van der Waals surface area contributed by atoms with Gasteiger partial charge in [-0.15, -0.1) is 11.3 Å². The van der Waals surface area contributed by atoms with Crippen LogP contribution in [0.4, 0.5) is 5.69 Å². The van der Waals surface area contributed by atoms with Crippen LogP contribution in [0, 0.1) is 0 Å². The fraction of sp³-hybridized carbons (Fsp3) is 0.225. The molecule has 9 heteroatoms. The van der Waals surface area contributed by atoms with Crippen LogP contribution < -0.4 is 20.4 Å². The van der Waals surface area contributed by atoms with Crippen molar-refractivity contribution >= 4 is 59.7 Å². The first-order valence-corrected chi connectivity index (χ1v) is 19.1. The number of hydrogen-bond donors (Lipinski definition) is 2. The third kappa shape index (κ3) is 8.61. The van der Waals surface area contributed by atoms with Crippen LogP contribution in [-0.4, -0.2) is 43.5 Å². The normalized spacial score (nSPS) is 12.0. The number of rotatable bonds is 13. The van der Waals surface area contributed by atoms with Gasteiger partial charge < -0.3 is 19.6 Å². The van der Waals surface area contributed by atoms with Crippen molar-refractivity contribution in [1.82, 2.24) is 4.98 Å². The zero-order chi connectivity index (χ0) is 35.0. The molecule has 0 spiro atoms. The number of aromatic carboxylic acids is 1. The summed E-state index contributed by atoms with van der Waals surface area (Å²) >= 11 is 1.59. The lowest BCUT2D eigenvalue weighted by Crippen LogP contribution is -2.66. The van der Waals surface area contributed by atoms with E-state index in [0.29, 0.717) is 11.6 Å². The number of nitrogens with zero attached hydrogens (tertiary/aromatic N) is 1. The molecule has 0 unspecified atom stereocenters. The zero-order valence-electron chi connectivity index (χ0n) is 28.5. The Labute approximate surface area is 293 Å². The van der Waals surface area contributed by atoms with Gasteiger partial charge in [-0.1, -0.05) is 113 Å². The molecule has 0 saturated heterocycles. The summed E-state index contributed by atoms with van der Waals surface area (Å²) in [7, 11) is -2.77. The van der Waals surface area contributed by atoms with Gasteiger partial charge >= 0.3 is 5.97 Å². The van der Waals surface area contributed by atoms with Crippen molar-refractivity contribution in [2.45, 2.75) is 45.6 Å². The molecule has 2 N–H and O–H groups in total. The van der Waals surface area contributed by atoms with E-state index in [1.165, 1.54) is 12.1 Å². The zero-order valence-corrected chi connectivity index (χ0v) is 30.3. The quantitative estimate of drug-likeness (QED) is 0.0953. The van der Waals surface area contributed by atoms with E-state index in [0.717, 1.165) is 26.6 Å². The van der Waals surface area contributed by atoms with Crippen LogP contribution >= 0.6 is 11.3 Å². The van der Waals surface area contributed by atoms with Gasteiger partial charge in [0.2, 0.25) is 0 Å². The van der Waals surface area contributed by atoms with Crippen molar-refractivity contribution in [3.8, 4) is 5.75 Å². The predicted molar refractivity (Wildman–Crippen MR) is 202 cm³/mol. The fourth-order valence-corrected chi connectivity index (χ4v) is 11.2. The molecular weight excluding hydrogens is 649 g/mol. The molecule has 5 rings (SSSR count). The molecular formula is C40H42N2O5SSi. The lowest BCUT2D eigenvalue weighted by atomic mass is 10.1. The molecule has 1 aromatic heterocycles. The Morgan fingerprint density at radius 1 is 0.857 bits per heavy atom. The maximum absolute atomic E-state index is 13.4. The number of carbonyl (C=O) groups excluding carboxylic acids is 1. The monoisotopic (exact) mass is 690 g/mol. The fourth-order valence-electron chi connectivity index (χ4n) is 5.79. The van der Waals surface area contributed by atoms with Crippen LogP contribution in [0.15, 0.2) is 109 Å². The number of nitrogens with one attached hydrogen (secondary N) is 1. The highest BCUT2D eigenvalue weighted by molar-refractivity contribution is 7.10. The third-order valence-electron chi connectivity index (χ3n) is 8.20. The minimum atomic E-state index is -2.77. The van der Waals surface area contributed by atoms with Crippen LogP contribution in [0.2, 0.25) is 5.04 Å². The lowest BCUT2D eigenvalue weighted by Gasteiger charge is -2.43. The van der Waals surface area contributed by atoms with Gasteiger partial charge in [0, 0.05) is 16.6 Å². The smallest absolute Gasteiger partial charge is 0.335 e. The average Bonchev–Trinajstić information content (AvgIpc) is 3.57. The average molecular weight is 691 g/mol. The van der Waals surface area contributed by atoms with Crippen molar-refractivity contribution < 1.29 is 23.9 Å². The van der Waals surface area contributed by atoms with E-state index >= 15 is 0 Å². The maximum Gasteiger partial charge on any atom is 0.335 e. The first kappa shape index (κ1) is 35.5. The lowest BCUT2D eigenvalue weighted by molar-refractivity contribution is 0.0696. The first-order valence-electron chi connectivity index (χ1n) is 16.3. The predicted octanol–water partition coefficient (Wildman–Crippen LogP) is 8.34. The molecule has 5 aromatic rings. The SMILES string of the molecule is CC(C)c1csc(/C=C/c2cccc(NC(=O)c3cc(OCCO[Si](c4ccccc4)(c4ccccc4)C(C)(C)C)cc(C(=O)O)c3)c2)n1. The molecule has 0 aliphatic carbocycles. The molecule has 49 heavy (non-hydrogen) atoms. The molecule has 0 atom stereocenters. The van der Waals surface area contributed by atoms with E-state index in [1.807, 2.05) is 66.7 Å². The number of ether oxygens (including phenoxy) is 1. The highest BCUT2D eigenvalue weighted by Gasteiger charge is 2.50. The Morgan fingerprint density at radius 3 is 2.10 bits per heavy atom. The second-order valence-corrected chi connectivity index (χ2v) is 18.3. The van der Waals surface area contributed by atoms with Gasteiger partial charge in [0.05, 0.1) is 17.9 Å². The number of aromatic nitrogens is 1. The van der Waals surface area contributed by atoms with E-state index in [9.17, 15) is 14.7 Å². The van der Waals surface area contributed by atoms with Gasteiger partial charge in [-0.2, -0.15) is 0 Å². The number of anilines is 1. The summed E-state index contributed by atoms with van der Waals surface area (Å²) in [6, 6.07) is 32.4. The molecule has 0 bridgehead atoms. The standard InChI is InChI=1S/C40H42N2O5SSi/c1-28(2)36-27-48-37(42-36)20-19-29-13-12-14-32(23-29)41-38(43)30-24-31(39(44)45)26-33(25-30)46-21-22-47-49(40(3,4)5,34-15-8-6-9-16-34)35-17-10-7-11-18-35/h6-20,23-28H,21-22H2,1-5H3,(H,41,43)(H,44,45)/b20-19+. The van der Waals surface area contributed by atoms with Gasteiger partial charge in [-0.25, -0.2) is 9.78 Å². The first-order chi connectivity index (χ1) is 23.5. The number of benzene rings is 4. The van der Waals surface area contributed by atoms with Crippen LogP contribution in [-0.2, 0) is 4.43 Å². The highest BCUT2D eigenvalue weighted by Crippen LogP contribution is 2.36. The van der Waals surface area contributed by atoms with Gasteiger partial charge in [0.25, 0.3) is 14.2 Å². The number of thiazole rings is 1. The Hall–Kier alpha value is -4.83. The summed E-state index contributed by atoms with van der Waals surface area (Å²) in [6.07, 6.45) is 3.90. The van der Waals surface area contributed by atoms with E-state index in [2.05, 4.69) is 74.6 Å². The van der Waals surface area contributed by atoms with Crippen molar-refractivity contribution in [2.75, 3.05) is 18.5 Å². The summed E-state index contributed by atoms with van der Waals surface area (Å²) in [4.78, 5) is 30.0. The third-order valence-corrected chi connectivity index (χ3v) is 14.1. The minimum Gasteiger partial charge on any atom is -0.491 e. The summed E-state index contributed by atoms with van der Waals surface area (Å²) in [5.74, 6) is -0.959. The van der Waals surface area contributed by atoms with Crippen molar-refractivity contribution in [3.05, 3.63) is 136 Å². The molecule has 0 fully saturated rings. The van der Waals surface area contributed by atoms with E-state index in [-0.39, 0.29) is 35.1 Å². The second kappa shape index (κ2) is 15.6. The van der Waals surface area contributed by atoms with Gasteiger partial charge in [-0.05, 0) is 63.3 Å². The number of amides is 1. The number of carboxylic acids is 1. The van der Waals surface area contributed by atoms with Crippen LogP contribution in [0.5, 0.6) is 5.75 Å². The molecule has 4 aromatic carbocycles. The Kier molecular flexibility index (Phi) is 11.3. The summed E-state index contributed by atoms with van der Waals surface area (Å²) in [5.41, 5.74) is 2.66. The van der Waals surface area contributed by atoms with Crippen LogP contribution in [0.25, 0.3) is 12.2 Å². The molecule has 0 aliphatic rings. The van der Waals surface area contributed by atoms with Gasteiger partial charge in [-0.3, -0.25) is 4.79 Å². The Bertz CT molecular complexity index is 1880. The number of carboxylic acid groups (broad SMARTS) is 1. The van der Waals surface area contributed by atoms with Gasteiger partial charge in [0.15, 0.2) is 0 Å². The summed E-state index contributed by atoms with van der Waals surface area (Å²) < 4.78 is 13.0. The van der Waals surface area contributed by atoms with Crippen molar-refractivity contribution in [3.63, 3.8) is 0 Å². The molecule has 7 nitrogen and oxygen atoms in total. The molecule has 1 amide bonds. The Morgan fingerprint density at radius 2 is 1.51 bits per heavy atom. The summed E-state index contributed by atoms with van der Waals surface area (Å²) in [6.45, 7) is 11.3. The Balaban J connectivity index is 1.30. The molecule has 0 aliphatic heterocycles. The van der Waals surface area contributed by atoms with Crippen LogP contribution in [0.3, 0.4) is 0 Å². The summed E-state index contributed by atoms with van der Waals surface area (Å²) in [5, 5.41) is 17.8. The molecule has 0 saturated carbocycles. The van der Waals surface area contributed by atoms with E-state index in [4.69, 9.17) is 9.16 Å². The molecule has 1 heterocycles. The number of hydrogen-bond acceptors (Lipinski definition) is 6. The minimum absolute atomic E-state index is 0.0450. The van der Waals surface area contributed by atoms with Crippen LogP contribution in [0.1, 0.15) is 77.5 Å². The van der Waals surface area contributed by atoms with E-state index < -0.39 is 20.2 Å². The maximum atomic E-state index is 13.4. The van der Waals surface area contributed by atoms with Crippen molar-refractivity contribution in [1.29, 1.82) is 0 Å². The van der Waals surface area contributed by atoms with Gasteiger partial charge in [0.1, 0.15) is 17.4 Å². The van der Waals surface area contributed by atoms with E-state index in [1.54, 1.807) is 23.5 Å².